The Kier molecular flexibility index (Phi) is 4.78. The van der Waals surface area contributed by atoms with Gasteiger partial charge in [0.1, 0.15) is 17.2 Å². The average molecular weight is 326 g/mol. The van der Waals surface area contributed by atoms with Gasteiger partial charge in [-0.3, -0.25) is 4.79 Å². The van der Waals surface area contributed by atoms with Gasteiger partial charge in [0, 0.05) is 43.7 Å². The summed E-state index contributed by atoms with van der Waals surface area (Å²) < 4.78 is 32.3. The SMILES string of the molecule is CCOC1CC(N)(C(=O)N(C)Cc2ccc(F)cc2F)C1(C)C. The summed E-state index contributed by atoms with van der Waals surface area (Å²) in [6.45, 7) is 6.31. The van der Waals surface area contributed by atoms with Crippen LogP contribution in [0.1, 0.15) is 32.8 Å². The first-order valence-corrected chi connectivity index (χ1v) is 7.73. The molecule has 6 heteroatoms. The van der Waals surface area contributed by atoms with E-state index in [1.807, 2.05) is 20.8 Å². The van der Waals surface area contributed by atoms with E-state index in [9.17, 15) is 13.6 Å². The molecule has 2 N–H and O–H groups in total. The molecule has 2 atom stereocenters. The number of hydrogen-bond donors (Lipinski definition) is 1. The number of nitrogens with zero attached hydrogens (tertiary/aromatic N) is 1. The molecule has 128 valence electrons. The number of rotatable bonds is 5. The molecule has 2 rings (SSSR count). The van der Waals surface area contributed by atoms with Crippen LogP contribution in [0.3, 0.4) is 0 Å². The first-order valence-electron chi connectivity index (χ1n) is 7.73. The maximum Gasteiger partial charge on any atom is 0.243 e. The fraction of sp³-hybridized carbons (Fsp3) is 0.588. The van der Waals surface area contributed by atoms with Crippen LogP contribution >= 0.6 is 0 Å². The molecule has 0 aliphatic heterocycles. The van der Waals surface area contributed by atoms with E-state index < -0.39 is 22.6 Å². The molecule has 0 saturated heterocycles. The lowest BCUT2D eigenvalue weighted by atomic mass is 9.54. The van der Waals surface area contributed by atoms with E-state index in [2.05, 4.69) is 0 Å². The normalized spacial score (nSPS) is 25.8. The van der Waals surface area contributed by atoms with Crippen LogP contribution in [0.4, 0.5) is 8.78 Å². The van der Waals surface area contributed by atoms with Gasteiger partial charge in [0.15, 0.2) is 0 Å². The minimum atomic E-state index is -1.04. The lowest BCUT2D eigenvalue weighted by Crippen LogP contribution is -2.75. The maximum absolute atomic E-state index is 13.8. The number of halogens is 2. The van der Waals surface area contributed by atoms with E-state index in [-0.39, 0.29) is 24.1 Å². The lowest BCUT2D eigenvalue weighted by molar-refractivity contribution is -0.178. The predicted molar refractivity (Wildman–Crippen MR) is 83.6 cm³/mol. The first-order chi connectivity index (χ1) is 10.6. The third kappa shape index (κ3) is 2.97. The zero-order valence-corrected chi connectivity index (χ0v) is 14.0. The second kappa shape index (κ2) is 6.17. The quantitative estimate of drug-likeness (QED) is 0.904. The van der Waals surface area contributed by atoms with Crippen LogP contribution in [0.5, 0.6) is 0 Å². The average Bonchev–Trinajstić information content (AvgIpc) is 2.48. The van der Waals surface area contributed by atoms with Gasteiger partial charge in [-0.25, -0.2) is 8.78 Å². The highest BCUT2D eigenvalue weighted by atomic mass is 19.1. The van der Waals surface area contributed by atoms with Crippen molar-refractivity contribution in [1.29, 1.82) is 0 Å². The third-order valence-corrected chi connectivity index (χ3v) is 4.98. The van der Waals surface area contributed by atoms with Gasteiger partial charge < -0.3 is 15.4 Å². The van der Waals surface area contributed by atoms with E-state index in [1.54, 1.807) is 7.05 Å². The Morgan fingerprint density at radius 1 is 1.43 bits per heavy atom. The number of amides is 1. The van der Waals surface area contributed by atoms with Crippen molar-refractivity contribution in [2.75, 3.05) is 13.7 Å². The Morgan fingerprint density at radius 2 is 2.09 bits per heavy atom. The largest absolute Gasteiger partial charge is 0.378 e. The molecule has 1 aliphatic carbocycles. The zero-order valence-electron chi connectivity index (χ0n) is 14.0. The molecule has 0 bridgehead atoms. The van der Waals surface area contributed by atoms with Crippen LogP contribution in [0.2, 0.25) is 0 Å². The van der Waals surface area contributed by atoms with Crippen molar-refractivity contribution in [3.05, 3.63) is 35.4 Å². The molecule has 1 saturated carbocycles. The van der Waals surface area contributed by atoms with E-state index in [4.69, 9.17) is 10.5 Å². The number of carbonyl (C=O) groups excluding carboxylic acids is 1. The van der Waals surface area contributed by atoms with Gasteiger partial charge >= 0.3 is 0 Å². The van der Waals surface area contributed by atoms with Crippen molar-refractivity contribution in [3.63, 3.8) is 0 Å². The molecular weight excluding hydrogens is 302 g/mol. The smallest absolute Gasteiger partial charge is 0.243 e. The number of likely N-dealkylation sites (N-methyl/N-ethyl adjacent to an activating group) is 1. The lowest BCUT2D eigenvalue weighted by Gasteiger charge is -2.58. The van der Waals surface area contributed by atoms with Crippen molar-refractivity contribution >= 4 is 5.91 Å². The molecule has 1 aliphatic rings. The van der Waals surface area contributed by atoms with Crippen molar-refractivity contribution in [2.45, 2.75) is 45.4 Å². The van der Waals surface area contributed by atoms with Crippen LogP contribution in [0.25, 0.3) is 0 Å². The number of hydrogen-bond acceptors (Lipinski definition) is 3. The summed E-state index contributed by atoms with van der Waals surface area (Å²) in [6.07, 6.45) is 0.362. The van der Waals surface area contributed by atoms with E-state index in [0.29, 0.717) is 13.0 Å². The number of ether oxygens (including phenoxy) is 1. The van der Waals surface area contributed by atoms with E-state index in [1.165, 1.54) is 17.0 Å². The number of carbonyl (C=O) groups is 1. The monoisotopic (exact) mass is 326 g/mol. The van der Waals surface area contributed by atoms with Crippen molar-refractivity contribution in [1.82, 2.24) is 4.90 Å². The molecule has 1 fully saturated rings. The minimum Gasteiger partial charge on any atom is -0.378 e. The van der Waals surface area contributed by atoms with Crippen LogP contribution in [0.15, 0.2) is 18.2 Å². The zero-order chi connectivity index (χ0) is 17.4. The highest BCUT2D eigenvalue weighted by Gasteiger charge is 2.63. The molecule has 4 nitrogen and oxygen atoms in total. The van der Waals surface area contributed by atoms with Gasteiger partial charge in [0.25, 0.3) is 0 Å². The summed E-state index contributed by atoms with van der Waals surface area (Å²) in [6, 6.07) is 3.32. The summed E-state index contributed by atoms with van der Waals surface area (Å²) in [5.41, 5.74) is 5.04. The molecule has 0 spiro atoms. The van der Waals surface area contributed by atoms with Crippen molar-refractivity contribution in [3.8, 4) is 0 Å². The standard InChI is InChI=1S/C17H24F2N2O2/c1-5-23-14-9-17(20,16(14,2)3)15(22)21(4)10-11-6-7-12(18)8-13(11)19/h6-8,14H,5,9-10,20H2,1-4H3. The maximum atomic E-state index is 13.8. The summed E-state index contributed by atoms with van der Waals surface area (Å²) in [4.78, 5) is 14.1. The Balaban J connectivity index is 2.11. The van der Waals surface area contributed by atoms with Crippen LogP contribution in [0, 0.1) is 17.0 Å². The van der Waals surface area contributed by atoms with Crippen LogP contribution in [-0.2, 0) is 16.1 Å². The van der Waals surface area contributed by atoms with E-state index in [0.717, 1.165) is 6.07 Å². The van der Waals surface area contributed by atoms with Crippen molar-refractivity contribution < 1.29 is 18.3 Å². The molecule has 1 amide bonds. The summed E-state index contributed by atoms with van der Waals surface area (Å²) in [7, 11) is 1.57. The Bertz CT molecular complexity index is 606. The summed E-state index contributed by atoms with van der Waals surface area (Å²) >= 11 is 0. The van der Waals surface area contributed by atoms with Crippen LogP contribution < -0.4 is 5.73 Å². The molecular formula is C17H24F2N2O2. The fourth-order valence-electron chi connectivity index (χ4n) is 3.12. The van der Waals surface area contributed by atoms with Gasteiger partial charge in [-0.05, 0) is 13.0 Å². The van der Waals surface area contributed by atoms with Gasteiger partial charge in [0.2, 0.25) is 5.91 Å². The highest BCUT2D eigenvalue weighted by Crippen LogP contribution is 2.50. The highest BCUT2D eigenvalue weighted by molar-refractivity contribution is 5.88. The topological polar surface area (TPSA) is 55.6 Å². The second-order valence-corrected chi connectivity index (χ2v) is 6.74. The van der Waals surface area contributed by atoms with E-state index >= 15 is 0 Å². The Labute approximate surface area is 135 Å². The fourth-order valence-corrected chi connectivity index (χ4v) is 3.12. The predicted octanol–water partition coefficient (Wildman–Crippen LogP) is 2.46. The van der Waals surface area contributed by atoms with Gasteiger partial charge in [0.05, 0.1) is 6.10 Å². The Morgan fingerprint density at radius 3 is 2.61 bits per heavy atom. The molecule has 0 aromatic heterocycles. The number of nitrogens with two attached hydrogens (primary N) is 1. The van der Waals surface area contributed by atoms with Gasteiger partial charge in [-0.15, -0.1) is 0 Å². The molecule has 0 radical (unpaired) electrons. The molecule has 1 aromatic rings. The molecule has 23 heavy (non-hydrogen) atoms. The molecule has 1 aromatic carbocycles. The Hall–Kier alpha value is -1.53. The second-order valence-electron chi connectivity index (χ2n) is 6.74. The summed E-state index contributed by atoms with van der Waals surface area (Å²) in [5, 5.41) is 0. The third-order valence-electron chi connectivity index (χ3n) is 4.98. The summed E-state index contributed by atoms with van der Waals surface area (Å²) in [5.74, 6) is -1.58. The van der Waals surface area contributed by atoms with Crippen molar-refractivity contribution in [2.24, 2.45) is 11.1 Å². The molecule has 0 heterocycles. The first kappa shape index (κ1) is 17.8. The number of benzene rings is 1. The minimum absolute atomic E-state index is 0.0410. The molecule has 2 unspecified atom stereocenters. The van der Waals surface area contributed by atoms with Gasteiger partial charge in [-0.2, -0.15) is 0 Å². The van der Waals surface area contributed by atoms with Crippen LogP contribution in [-0.4, -0.2) is 36.1 Å². The van der Waals surface area contributed by atoms with Gasteiger partial charge in [-0.1, -0.05) is 19.9 Å².